The Kier molecular flexibility index (Phi) is 4.09. The SMILES string of the molecule is Cc1cc(C=Nc2ccc3c(c2)OCO3)c(C)n1-c1ccc(Br)cc1. The molecule has 1 aliphatic rings. The molecule has 0 saturated carbocycles. The smallest absolute Gasteiger partial charge is 0.231 e. The second-order valence-electron chi connectivity index (χ2n) is 5.93. The van der Waals surface area contributed by atoms with E-state index in [0.29, 0.717) is 0 Å². The highest BCUT2D eigenvalue weighted by atomic mass is 79.9. The Morgan fingerprint density at radius 2 is 1.76 bits per heavy atom. The number of fused-ring (bicyclic) bond motifs is 1. The molecule has 0 saturated heterocycles. The third-order valence-corrected chi connectivity index (χ3v) is 4.79. The lowest BCUT2D eigenvalue weighted by atomic mass is 10.2. The fourth-order valence-electron chi connectivity index (χ4n) is 3.02. The molecule has 0 spiro atoms. The Morgan fingerprint density at radius 1 is 1.00 bits per heavy atom. The summed E-state index contributed by atoms with van der Waals surface area (Å²) in [4.78, 5) is 4.60. The number of halogens is 1. The van der Waals surface area contributed by atoms with Gasteiger partial charge in [0.05, 0.1) is 5.69 Å². The van der Waals surface area contributed by atoms with Crippen molar-refractivity contribution >= 4 is 27.8 Å². The molecule has 1 aliphatic heterocycles. The number of aryl methyl sites for hydroxylation is 1. The zero-order valence-electron chi connectivity index (χ0n) is 14.0. The van der Waals surface area contributed by atoms with Gasteiger partial charge in [-0.2, -0.15) is 0 Å². The fourth-order valence-corrected chi connectivity index (χ4v) is 3.28. The number of benzene rings is 2. The molecule has 4 rings (SSSR count). The van der Waals surface area contributed by atoms with Gasteiger partial charge in [-0.05, 0) is 56.3 Å². The Hall–Kier alpha value is -2.53. The Balaban J connectivity index is 1.65. The molecular formula is C20H17BrN2O2. The molecule has 0 bridgehead atoms. The Bertz CT molecular complexity index is 959. The summed E-state index contributed by atoms with van der Waals surface area (Å²) in [6, 6.07) is 16.2. The van der Waals surface area contributed by atoms with E-state index in [4.69, 9.17) is 9.47 Å². The van der Waals surface area contributed by atoms with Crippen molar-refractivity contribution in [2.45, 2.75) is 13.8 Å². The molecule has 0 aliphatic carbocycles. The zero-order valence-corrected chi connectivity index (χ0v) is 15.6. The van der Waals surface area contributed by atoms with Gasteiger partial charge in [0.15, 0.2) is 11.5 Å². The van der Waals surface area contributed by atoms with E-state index < -0.39 is 0 Å². The molecule has 126 valence electrons. The minimum absolute atomic E-state index is 0.275. The van der Waals surface area contributed by atoms with Gasteiger partial charge in [0.2, 0.25) is 6.79 Å². The van der Waals surface area contributed by atoms with Crippen LogP contribution in [0.25, 0.3) is 5.69 Å². The molecule has 0 unspecified atom stereocenters. The van der Waals surface area contributed by atoms with Crippen molar-refractivity contribution in [3.05, 3.63) is 70.0 Å². The molecule has 25 heavy (non-hydrogen) atoms. The van der Waals surface area contributed by atoms with Crippen LogP contribution in [0.5, 0.6) is 11.5 Å². The topological polar surface area (TPSA) is 35.8 Å². The number of hydrogen-bond donors (Lipinski definition) is 0. The normalized spacial score (nSPS) is 12.9. The van der Waals surface area contributed by atoms with Crippen LogP contribution in [0.4, 0.5) is 5.69 Å². The van der Waals surface area contributed by atoms with E-state index in [1.807, 2.05) is 24.4 Å². The second kappa shape index (κ2) is 6.41. The molecule has 3 aromatic rings. The van der Waals surface area contributed by atoms with Crippen LogP contribution < -0.4 is 9.47 Å². The standard InChI is InChI=1S/C20H17BrN2O2/c1-13-9-15(14(2)23(13)18-6-3-16(21)4-7-18)11-22-17-5-8-19-20(10-17)25-12-24-19/h3-11H,12H2,1-2H3. The van der Waals surface area contributed by atoms with Gasteiger partial charge >= 0.3 is 0 Å². The average Bonchev–Trinajstić information content (AvgIpc) is 3.18. The summed E-state index contributed by atoms with van der Waals surface area (Å²) in [5.41, 5.74) is 5.41. The Morgan fingerprint density at radius 3 is 2.56 bits per heavy atom. The number of rotatable bonds is 3. The van der Waals surface area contributed by atoms with Gasteiger partial charge in [0.1, 0.15) is 0 Å². The van der Waals surface area contributed by atoms with Gasteiger partial charge in [-0.1, -0.05) is 15.9 Å². The van der Waals surface area contributed by atoms with Crippen LogP contribution in [0.15, 0.2) is 58.0 Å². The third kappa shape index (κ3) is 3.07. The minimum Gasteiger partial charge on any atom is -0.454 e. The number of aromatic nitrogens is 1. The lowest BCUT2D eigenvalue weighted by Gasteiger charge is -2.09. The van der Waals surface area contributed by atoms with Crippen LogP contribution in [0.1, 0.15) is 17.0 Å². The van der Waals surface area contributed by atoms with E-state index in [9.17, 15) is 0 Å². The van der Waals surface area contributed by atoms with Crippen molar-refractivity contribution in [2.24, 2.45) is 4.99 Å². The maximum Gasteiger partial charge on any atom is 0.231 e. The minimum atomic E-state index is 0.275. The van der Waals surface area contributed by atoms with E-state index in [-0.39, 0.29) is 6.79 Å². The van der Waals surface area contributed by atoms with Crippen LogP contribution in [-0.2, 0) is 0 Å². The lowest BCUT2D eigenvalue weighted by Crippen LogP contribution is -1.99. The van der Waals surface area contributed by atoms with E-state index in [1.165, 1.54) is 5.69 Å². The van der Waals surface area contributed by atoms with Gasteiger partial charge in [0.25, 0.3) is 0 Å². The van der Waals surface area contributed by atoms with Gasteiger partial charge < -0.3 is 14.0 Å². The number of hydrogen-bond acceptors (Lipinski definition) is 3. The summed E-state index contributed by atoms with van der Waals surface area (Å²) in [6.07, 6.45) is 1.90. The van der Waals surface area contributed by atoms with Crippen LogP contribution >= 0.6 is 15.9 Å². The predicted octanol–water partition coefficient (Wildman–Crippen LogP) is 5.34. The van der Waals surface area contributed by atoms with Crippen LogP contribution in [0.2, 0.25) is 0 Å². The lowest BCUT2D eigenvalue weighted by molar-refractivity contribution is 0.174. The van der Waals surface area contributed by atoms with Gasteiger partial charge in [-0.25, -0.2) is 0 Å². The zero-order chi connectivity index (χ0) is 17.4. The van der Waals surface area contributed by atoms with Gasteiger partial charge in [0, 0.05) is 39.4 Å². The molecule has 0 fully saturated rings. The maximum absolute atomic E-state index is 5.40. The summed E-state index contributed by atoms with van der Waals surface area (Å²) in [7, 11) is 0. The molecule has 0 N–H and O–H groups in total. The first-order valence-electron chi connectivity index (χ1n) is 8.00. The summed E-state index contributed by atoms with van der Waals surface area (Å²) in [5, 5.41) is 0. The predicted molar refractivity (Wildman–Crippen MR) is 103 cm³/mol. The monoisotopic (exact) mass is 396 g/mol. The molecule has 4 nitrogen and oxygen atoms in total. The molecule has 0 radical (unpaired) electrons. The van der Waals surface area contributed by atoms with Gasteiger partial charge in [-0.15, -0.1) is 0 Å². The molecule has 2 aromatic carbocycles. The van der Waals surface area contributed by atoms with Crippen molar-refractivity contribution < 1.29 is 9.47 Å². The van der Waals surface area contributed by atoms with Crippen LogP contribution in [0, 0.1) is 13.8 Å². The van der Waals surface area contributed by atoms with Crippen molar-refractivity contribution in [2.75, 3.05) is 6.79 Å². The summed E-state index contributed by atoms with van der Waals surface area (Å²) in [6.45, 7) is 4.49. The summed E-state index contributed by atoms with van der Waals surface area (Å²) in [5.74, 6) is 1.52. The van der Waals surface area contributed by atoms with E-state index >= 15 is 0 Å². The maximum atomic E-state index is 5.40. The molecule has 0 amide bonds. The molecule has 0 atom stereocenters. The largest absolute Gasteiger partial charge is 0.454 e. The highest BCUT2D eigenvalue weighted by Crippen LogP contribution is 2.35. The van der Waals surface area contributed by atoms with Gasteiger partial charge in [-0.3, -0.25) is 4.99 Å². The summed E-state index contributed by atoms with van der Waals surface area (Å²) < 4.78 is 14.0. The van der Waals surface area contributed by atoms with E-state index in [1.54, 1.807) is 0 Å². The number of aliphatic imine (C=N–C) groups is 1. The second-order valence-corrected chi connectivity index (χ2v) is 6.85. The van der Waals surface area contributed by atoms with E-state index in [0.717, 1.165) is 38.6 Å². The van der Waals surface area contributed by atoms with Crippen molar-refractivity contribution in [3.63, 3.8) is 0 Å². The average molecular weight is 397 g/mol. The quantitative estimate of drug-likeness (QED) is 0.560. The van der Waals surface area contributed by atoms with Crippen molar-refractivity contribution in [3.8, 4) is 17.2 Å². The molecule has 1 aromatic heterocycles. The molecular weight excluding hydrogens is 380 g/mol. The first-order valence-corrected chi connectivity index (χ1v) is 8.80. The first-order chi connectivity index (χ1) is 12.1. The highest BCUT2D eigenvalue weighted by Gasteiger charge is 2.13. The molecule has 5 heteroatoms. The third-order valence-electron chi connectivity index (χ3n) is 4.26. The van der Waals surface area contributed by atoms with E-state index in [2.05, 4.69) is 69.7 Å². The number of ether oxygens (including phenoxy) is 2. The van der Waals surface area contributed by atoms with Crippen LogP contribution in [-0.4, -0.2) is 17.6 Å². The highest BCUT2D eigenvalue weighted by molar-refractivity contribution is 9.10. The Labute approximate surface area is 154 Å². The number of nitrogens with zero attached hydrogens (tertiary/aromatic N) is 2. The first kappa shape index (κ1) is 16.0. The molecule has 2 heterocycles. The van der Waals surface area contributed by atoms with Crippen molar-refractivity contribution in [1.82, 2.24) is 4.57 Å². The van der Waals surface area contributed by atoms with Crippen LogP contribution in [0.3, 0.4) is 0 Å². The summed E-state index contributed by atoms with van der Waals surface area (Å²) >= 11 is 3.48. The fraction of sp³-hybridized carbons (Fsp3) is 0.150. The van der Waals surface area contributed by atoms with Crippen molar-refractivity contribution in [1.29, 1.82) is 0 Å².